The molecule has 0 bridgehead atoms. The molecule has 2 heterocycles. The van der Waals surface area contributed by atoms with Gasteiger partial charge in [0.25, 0.3) is 0 Å². The third kappa shape index (κ3) is 1.30. The molecule has 2 aliphatic rings. The minimum Gasteiger partial charge on any atom is -0.457 e. The van der Waals surface area contributed by atoms with E-state index in [9.17, 15) is 9.90 Å². The summed E-state index contributed by atoms with van der Waals surface area (Å²) in [6.45, 7) is 5.43. The van der Waals surface area contributed by atoms with Gasteiger partial charge in [-0.3, -0.25) is 4.79 Å². The summed E-state index contributed by atoms with van der Waals surface area (Å²) in [5.41, 5.74) is -1.54. The van der Waals surface area contributed by atoms with Crippen molar-refractivity contribution >= 4 is 5.97 Å². The van der Waals surface area contributed by atoms with Crippen molar-refractivity contribution in [2.24, 2.45) is 0 Å². The quantitative estimate of drug-likeness (QED) is 0.618. The first-order chi connectivity index (χ1) is 6.90. The first kappa shape index (κ1) is 10.9. The Labute approximate surface area is 88.3 Å². The van der Waals surface area contributed by atoms with Crippen molar-refractivity contribution in [3.8, 4) is 0 Å². The normalized spacial score (nSPS) is 49.1. The van der Waals surface area contributed by atoms with Gasteiger partial charge in [0.1, 0.15) is 17.3 Å². The highest BCUT2D eigenvalue weighted by Crippen LogP contribution is 2.47. The summed E-state index contributed by atoms with van der Waals surface area (Å²) in [5, 5.41) is 9.79. The van der Waals surface area contributed by atoms with Crippen LogP contribution in [-0.4, -0.2) is 47.7 Å². The fourth-order valence-corrected chi connectivity index (χ4v) is 2.29. The molecular formula is C10H16O5. The fraction of sp³-hybridized carbons (Fsp3) is 0.900. The second-order valence-corrected chi connectivity index (χ2v) is 4.45. The number of rotatable bonds is 1. The lowest BCUT2D eigenvalue weighted by Gasteiger charge is -2.34. The molecule has 2 rings (SSSR count). The number of esters is 1. The largest absolute Gasteiger partial charge is 0.457 e. The van der Waals surface area contributed by atoms with E-state index >= 15 is 0 Å². The van der Waals surface area contributed by atoms with E-state index in [1.807, 2.05) is 6.92 Å². The summed E-state index contributed by atoms with van der Waals surface area (Å²) >= 11 is 0. The SMILES string of the molecule is CC(=O)OC1CO[C@]2(C)C(O)CO[C@]12C. The lowest BCUT2D eigenvalue weighted by molar-refractivity contribution is -0.160. The van der Waals surface area contributed by atoms with Gasteiger partial charge >= 0.3 is 5.97 Å². The van der Waals surface area contributed by atoms with Crippen LogP contribution >= 0.6 is 0 Å². The third-order valence-electron chi connectivity index (χ3n) is 3.62. The monoisotopic (exact) mass is 216 g/mol. The van der Waals surface area contributed by atoms with E-state index in [1.165, 1.54) is 6.92 Å². The minimum absolute atomic E-state index is 0.213. The van der Waals surface area contributed by atoms with E-state index in [0.29, 0.717) is 0 Å². The summed E-state index contributed by atoms with van der Waals surface area (Å²) in [6, 6.07) is 0. The van der Waals surface area contributed by atoms with E-state index in [-0.39, 0.29) is 19.2 Å². The summed E-state index contributed by atoms with van der Waals surface area (Å²) in [4.78, 5) is 10.9. The first-order valence-corrected chi connectivity index (χ1v) is 5.03. The zero-order valence-corrected chi connectivity index (χ0v) is 9.15. The number of aliphatic hydroxyl groups excluding tert-OH is 1. The molecule has 2 saturated heterocycles. The topological polar surface area (TPSA) is 65.0 Å². The van der Waals surface area contributed by atoms with Crippen molar-refractivity contribution in [1.82, 2.24) is 0 Å². The van der Waals surface area contributed by atoms with E-state index in [4.69, 9.17) is 14.2 Å². The van der Waals surface area contributed by atoms with E-state index in [0.717, 1.165) is 0 Å². The number of hydrogen-bond acceptors (Lipinski definition) is 5. The minimum atomic E-state index is -0.785. The molecule has 4 atom stereocenters. The van der Waals surface area contributed by atoms with Gasteiger partial charge in [0.15, 0.2) is 6.10 Å². The first-order valence-electron chi connectivity index (χ1n) is 5.03. The lowest BCUT2D eigenvalue weighted by atomic mass is 9.82. The van der Waals surface area contributed by atoms with E-state index in [1.54, 1.807) is 6.92 Å². The molecule has 0 aromatic heterocycles. The summed E-state index contributed by atoms with van der Waals surface area (Å²) in [7, 11) is 0. The molecule has 2 fully saturated rings. The lowest BCUT2D eigenvalue weighted by Crippen LogP contribution is -2.54. The zero-order valence-electron chi connectivity index (χ0n) is 9.15. The van der Waals surface area contributed by atoms with Gasteiger partial charge < -0.3 is 19.3 Å². The molecule has 2 aliphatic heterocycles. The average Bonchev–Trinajstić information content (AvgIpc) is 2.51. The standard InChI is InChI=1S/C10H16O5/c1-6(11)15-8-5-14-9(2)7(12)4-13-10(8,9)3/h7-8,12H,4-5H2,1-3H3/t7?,8?,9-,10-/m1/s1. The van der Waals surface area contributed by atoms with Crippen molar-refractivity contribution < 1.29 is 24.1 Å². The number of carbonyl (C=O) groups excluding carboxylic acids is 1. The van der Waals surface area contributed by atoms with Gasteiger partial charge in [-0.15, -0.1) is 0 Å². The Morgan fingerprint density at radius 2 is 1.93 bits per heavy atom. The summed E-state index contributed by atoms with van der Waals surface area (Å²) in [5.74, 6) is -0.362. The molecule has 0 aromatic carbocycles. The van der Waals surface area contributed by atoms with Crippen LogP contribution in [0.3, 0.4) is 0 Å². The highest BCUT2D eigenvalue weighted by Gasteiger charge is 2.66. The maximum atomic E-state index is 10.9. The molecule has 0 radical (unpaired) electrons. The van der Waals surface area contributed by atoms with Gasteiger partial charge in [-0.05, 0) is 13.8 Å². The molecule has 0 aromatic rings. The molecule has 5 heteroatoms. The Kier molecular flexibility index (Phi) is 2.29. The van der Waals surface area contributed by atoms with Crippen LogP contribution in [0.4, 0.5) is 0 Å². The molecular weight excluding hydrogens is 200 g/mol. The predicted molar refractivity (Wildman–Crippen MR) is 50.3 cm³/mol. The molecule has 86 valence electrons. The van der Waals surface area contributed by atoms with Crippen LogP contribution in [0.2, 0.25) is 0 Å². The highest BCUT2D eigenvalue weighted by atomic mass is 16.7. The van der Waals surface area contributed by atoms with Crippen molar-refractivity contribution in [1.29, 1.82) is 0 Å². The van der Waals surface area contributed by atoms with Crippen LogP contribution < -0.4 is 0 Å². The summed E-state index contributed by atoms with van der Waals surface area (Å²) in [6.07, 6.45) is -1.12. The number of ether oxygens (including phenoxy) is 3. The Morgan fingerprint density at radius 3 is 2.53 bits per heavy atom. The fourth-order valence-electron chi connectivity index (χ4n) is 2.29. The zero-order chi connectivity index (χ0) is 11.3. The molecule has 5 nitrogen and oxygen atoms in total. The van der Waals surface area contributed by atoms with E-state index in [2.05, 4.69) is 0 Å². The van der Waals surface area contributed by atoms with Gasteiger partial charge in [-0.25, -0.2) is 0 Å². The predicted octanol–water partition coefficient (Wildman–Crippen LogP) is -0.143. The van der Waals surface area contributed by atoms with Crippen LogP contribution in [0.15, 0.2) is 0 Å². The second-order valence-electron chi connectivity index (χ2n) is 4.45. The Morgan fingerprint density at radius 1 is 1.33 bits per heavy atom. The average molecular weight is 216 g/mol. The van der Waals surface area contributed by atoms with Crippen molar-refractivity contribution in [2.45, 2.75) is 44.2 Å². The van der Waals surface area contributed by atoms with E-state index < -0.39 is 23.4 Å². The van der Waals surface area contributed by atoms with Crippen LogP contribution in [0.1, 0.15) is 20.8 Å². The Hall–Kier alpha value is -0.650. The number of aliphatic hydroxyl groups is 1. The van der Waals surface area contributed by atoms with Crippen LogP contribution in [0.5, 0.6) is 0 Å². The van der Waals surface area contributed by atoms with Gasteiger partial charge in [0.2, 0.25) is 0 Å². The van der Waals surface area contributed by atoms with Gasteiger partial charge in [0.05, 0.1) is 13.2 Å². The maximum Gasteiger partial charge on any atom is 0.303 e. The third-order valence-corrected chi connectivity index (χ3v) is 3.62. The van der Waals surface area contributed by atoms with Gasteiger partial charge in [-0.1, -0.05) is 0 Å². The maximum absolute atomic E-state index is 10.9. The van der Waals surface area contributed by atoms with Crippen molar-refractivity contribution in [3.63, 3.8) is 0 Å². The van der Waals surface area contributed by atoms with Crippen molar-refractivity contribution in [2.75, 3.05) is 13.2 Å². The molecule has 0 aliphatic carbocycles. The Balaban J connectivity index is 2.24. The second kappa shape index (κ2) is 3.17. The molecule has 2 unspecified atom stereocenters. The van der Waals surface area contributed by atoms with Crippen molar-refractivity contribution in [3.05, 3.63) is 0 Å². The molecule has 0 amide bonds. The summed E-state index contributed by atoms with van der Waals surface area (Å²) < 4.78 is 16.2. The number of carbonyl (C=O) groups is 1. The van der Waals surface area contributed by atoms with Crippen LogP contribution in [-0.2, 0) is 19.0 Å². The highest BCUT2D eigenvalue weighted by molar-refractivity contribution is 5.66. The number of hydrogen-bond donors (Lipinski definition) is 1. The molecule has 0 spiro atoms. The molecule has 1 N–H and O–H groups in total. The Bertz CT molecular complexity index is 292. The van der Waals surface area contributed by atoms with Gasteiger partial charge in [-0.2, -0.15) is 0 Å². The van der Waals surface area contributed by atoms with Crippen LogP contribution in [0, 0.1) is 0 Å². The van der Waals surface area contributed by atoms with Crippen LogP contribution in [0.25, 0.3) is 0 Å². The number of fused-ring (bicyclic) bond motifs is 1. The molecule has 15 heavy (non-hydrogen) atoms. The smallest absolute Gasteiger partial charge is 0.303 e. The van der Waals surface area contributed by atoms with Gasteiger partial charge in [0, 0.05) is 6.92 Å². The molecule has 0 saturated carbocycles.